The highest BCUT2D eigenvalue weighted by atomic mass is 16.6. The summed E-state index contributed by atoms with van der Waals surface area (Å²) in [6, 6.07) is 0. The number of esters is 2. The molecule has 0 aromatic heterocycles. The van der Waals surface area contributed by atoms with Crippen LogP contribution in [0.2, 0.25) is 0 Å². The molecule has 4 atom stereocenters. The number of allylic oxidation sites excluding steroid dienone is 1. The van der Waals surface area contributed by atoms with Gasteiger partial charge in [0.1, 0.15) is 24.1 Å². The van der Waals surface area contributed by atoms with Crippen LogP contribution in [0.1, 0.15) is 26.7 Å². The number of ether oxygens (including phenoxy) is 3. The van der Waals surface area contributed by atoms with E-state index in [1.807, 2.05) is 19.1 Å². The maximum atomic E-state index is 12.0. The molecule has 1 unspecified atom stereocenters. The molecule has 1 saturated heterocycles. The Hall–Kier alpha value is -2.30. The monoisotopic (exact) mass is 316 g/mol. The van der Waals surface area contributed by atoms with Gasteiger partial charge in [0.2, 0.25) is 0 Å². The predicted molar refractivity (Wildman–Crippen MR) is 83.2 cm³/mol. The van der Waals surface area contributed by atoms with Gasteiger partial charge in [-0.2, -0.15) is 0 Å². The molecule has 0 amide bonds. The molecule has 0 N–H and O–H groups in total. The zero-order chi connectivity index (χ0) is 16.7. The van der Waals surface area contributed by atoms with Gasteiger partial charge in [0.05, 0.1) is 5.92 Å². The van der Waals surface area contributed by atoms with Crippen LogP contribution in [0.5, 0.6) is 0 Å². The summed E-state index contributed by atoms with van der Waals surface area (Å²) < 4.78 is 16.7. The fourth-order valence-electron chi connectivity index (χ4n) is 3.40. The van der Waals surface area contributed by atoms with E-state index in [0.29, 0.717) is 29.7 Å². The lowest BCUT2D eigenvalue weighted by Crippen LogP contribution is -2.32. The number of hydrogen-bond donors (Lipinski definition) is 0. The number of carbonyl (C=O) groups is 2. The molecule has 3 aliphatic rings. The van der Waals surface area contributed by atoms with Gasteiger partial charge in [-0.1, -0.05) is 18.7 Å². The van der Waals surface area contributed by atoms with Crippen molar-refractivity contribution in [3.63, 3.8) is 0 Å². The fraction of sp³-hybridized carbons (Fsp3) is 0.444. The number of carbonyl (C=O) groups excluding carboxylic acids is 2. The highest BCUT2D eigenvalue weighted by molar-refractivity contribution is 5.91. The van der Waals surface area contributed by atoms with Gasteiger partial charge in [-0.05, 0) is 24.6 Å². The summed E-state index contributed by atoms with van der Waals surface area (Å²) in [7, 11) is 0. The van der Waals surface area contributed by atoms with Crippen LogP contribution < -0.4 is 0 Å². The minimum Gasteiger partial charge on any atom is -0.490 e. The quantitative estimate of drug-likeness (QED) is 0.549. The average Bonchev–Trinajstić information content (AvgIpc) is 2.89. The molecule has 3 rings (SSSR count). The van der Waals surface area contributed by atoms with Gasteiger partial charge in [-0.15, -0.1) is 0 Å². The van der Waals surface area contributed by atoms with E-state index in [-0.39, 0.29) is 30.1 Å². The first-order valence-electron chi connectivity index (χ1n) is 7.66. The molecule has 0 spiro atoms. The SMILES string of the molecule is C=C1OC2CC3=C[C@@H](C/C(C)=C/[C@@H](OC(C)=O)[C@@H]2C1=C)OC3=O. The van der Waals surface area contributed by atoms with Gasteiger partial charge in [0, 0.05) is 25.3 Å². The summed E-state index contributed by atoms with van der Waals surface area (Å²) in [5.41, 5.74) is 2.29. The molecule has 1 fully saturated rings. The van der Waals surface area contributed by atoms with Gasteiger partial charge in [-0.25, -0.2) is 4.79 Å². The van der Waals surface area contributed by atoms with Crippen LogP contribution in [0.4, 0.5) is 0 Å². The largest absolute Gasteiger partial charge is 0.490 e. The van der Waals surface area contributed by atoms with E-state index in [4.69, 9.17) is 14.2 Å². The zero-order valence-electron chi connectivity index (χ0n) is 13.3. The third-order valence-corrected chi connectivity index (χ3v) is 4.41. The maximum absolute atomic E-state index is 12.0. The first kappa shape index (κ1) is 15.6. The third kappa shape index (κ3) is 2.96. The second-order valence-electron chi connectivity index (χ2n) is 6.26. The molecule has 5 heteroatoms. The fourth-order valence-corrected chi connectivity index (χ4v) is 3.40. The van der Waals surface area contributed by atoms with Crippen LogP contribution in [-0.2, 0) is 23.8 Å². The lowest BCUT2D eigenvalue weighted by atomic mass is 9.85. The summed E-state index contributed by atoms with van der Waals surface area (Å²) in [4.78, 5) is 23.5. The van der Waals surface area contributed by atoms with Crippen LogP contribution in [0.25, 0.3) is 0 Å². The maximum Gasteiger partial charge on any atom is 0.334 e. The van der Waals surface area contributed by atoms with Crippen LogP contribution in [0, 0.1) is 5.92 Å². The van der Waals surface area contributed by atoms with E-state index < -0.39 is 6.10 Å². The van der Waals surface area contributed by atoms with E-state index in [2.05, 4.69) is 13.2 Å². The van der Waals surface area contributed by atoms with Crippen molar-refractivity contribution in [1.82, 2.24) is 0 Å². The van der Waals surface area contributed by atoms with E-state index in [1.165, 1.54) is 6.92 Å². The average molecular weight is 316 g/mol. The molecular formula is C18H20O5. The molecule has 23 heavy (non-hydrogen) atoms. The van der Waals surface area contributed by atoms with Crippen LogP contribution in [0.3, 0.4) is 0 Å². The van der Waals surface area contributed by atoms with Crippen molar-refractivity contribution in [3.05, 3.63) is 47.8 Å². The van der Waals surface area contributed by atoms with E-state index >= 15 is 0 Å². The van der Waals surface area contributed by atoms with Crippen molar-refractivity contribution >= 4 is 11.9 Å². The summed E-state index contributed by atoms with van der Waals surface area (Å²) in [5.74, 6) is -0.452. The Morgan fingerprint density at radius 3 is 2.70 bits per heavy atom. The van der Waals surface area contributed by atoms with E-state index in [9.17, 15) is 9.59 Å². The minimum absolute atomic E-state index is 0.257. The van der Waals surface area contributed by atoms with Gasteiger partial charge in [0.25, 0.3) is 0 Å². The number of fused-ring (bicyclic) bond motifs is 2. The Bertz CT molecular complexity index is 654. The molecule has 2 bridgehead atoms. The summed E-state index contributed by atoms with van der Waals surface area (Å²) >= 11 is 0. The first-order valence-corrected chi connectivity index (χ1v) is 7.66. The number of hydrogen-bond acceptors (Lipinski definition) is 5. The predicted octanol–water partition coefficient (Wildman–Crippen LogP) is 2.59. The standard InChI is InChI=1S/C18H20O5/c1-9-5-14-7-13(18(20)23-14)8-16-17(10(2)11(3)21-16)15(6-9)22-12(4)19/h6-7,14-17H,2-3,5,8H2,1,4H3/b9-6+/t14-,15-,16?,17+/m1/s1. The molecule has 122 valence electrons. The topological polar surface area (TPSA) is 61.8 Å². The van der Waals surface area contributed by atoms with Crippen LogP contribution in [-0.4, -0.2) is 30.3 Å². The Morgan fingerprint density at radius 2 is 2.00 bits per heavy atom. The van der Waals surface area contributed by atoms with Crippen molar-refractivity contribution in [1.29, 1.82) is 0 Å². The molecule has 0 saturated carbocycles. The van der Waals surface area contributed by atoms with Crippen molar-refractivity contribution in [2.45, 2.75) is 45.0 Å². The van der Waals surface area contributed by atoms with Gasteiger partial charge in [-0.3, -0.25) is 4.79 Å². The molecule has 0 radical (unpaired) electrons. The molecule has 0 aromatic carbocycles. The second kappa shape index (κ2) is 5.72. The van der Waals surface area contributed by atoms with Crippen LogP contribution in [0.15, 0.2) is 47.8 Å². The lowest BCUT2D eigenvalue weighted by molar-refractivity contribution is -0.147. The third-order valence-electron chi connectivity index (χ3n) is 4.41. The highest BCUT2D eigenvalue weighted by Gasteiger charge is 2.44. The van der Waals surface area contributed by atoms with Crippen molar-refractivity contribution in [3.8, 4) is 0 Å². The van der Waals surface area contributed by atoms with E-state index in [1.54, 1.807) is 0 Å². The van der Waals surface area contributed by atoms with Crippen molar-refractivity contribution in [2.75, 3.05) is 0 Å². The Balaban J connectivity index is 2.01. The molecule has 0 aromatic rings. The normalized spacial score (nSPS) is 35.5. The Kier molecular flexibility index (Phi) is 3.88. The minimum atomic E-state index is -0.488. The smallest absolute Gasteiger partial charge is 0.334 e. The van der Waals surface area contributed by atoms with Crippen LogP contribution >= 0.6 is 0 Å². The molecule has 5 nitrogen and oxygen atoms in total. The Morgan fingerprint density at radius 1 is 1.26 bits per heavy atom. The molecule has 2 aliphatic heterocycles. The van der Waals surface area contributed by atoms with E-state index in [0.717, 1.165) is 5.57 Å². The van der Waals surface area contributed by atoms with Gasteiger partial charge < -0.3 is 14.2 Å². The second-order valence-corrected chi connectivity index (χ2v) is 6.26. The lowest BCUT2D eigenvalue weighted by Gasteiger charge is -2.26. The van der Waals surface area contributed by atoms with Gasteiger partial charge in [0.15, 0.2) is 0 Å². The summed E-state index contributed by atoms with van der Waals surface area (Å²) in [6.45, 7) is 11.2. The zero-order valence-corrected chi connectivity index (χ0v) is 13.3. The molecule has 1 aliphatic carbocycles. The van der Waals surface area contributed by atoms with Crippen molar-refractivity contribution < 1.29 is 23.8 Å². The molecular weight excluding hydrogens is 296 g/mol. The van der Waals surface area contributed by atoms with Crippen molar-refractivity contribution in [2.24, 2.45) is 5.92 Å². The Labute approximate surface area is 135 Å². The number of rotatable bonds is 1. The summed E-state index contributed by atoms with van der Waals surface area (Å²) in [5, 5.41) is 0. The van der Waals surface area contributed by atoms with Gasteiger partial charge >= 0.3 is 11.9 Å². The molecule has 2 heterocycles. The first-order chi connectivity index (χ1) is 10.8. The summed E-state index contributed by atoms with van der Waals surface area (Å²) in [6.07, 6.45) is 3.63. The highest BCUT2D eigenvalue weighted by Crippen LogP contribution is 2.41.